The molecule has 5 heteroatoms. The van der Waals surface area contributed by atoms with Crippen molar-refractivity contribution >= 4 is 5.69 Å². The van der Waals surface area contributed by atoms with Crippen molar-refractivity contribution < 1.29 is 14.6 Å². The van der Waals surface area contributed by atoms with Crippen molar-refractivity contribution in [3.63, 3.8) is 0 Å². The normalized spacial score (nSPS) is 10.0. The summed E-state index contributed by atoms with van der Waals surface area (Å²) in [6.07, 6.45) is 1.42. The van der Waals surface area contributed by atoms with Crippen LogP contribution in [0.5, 0.6) is 17.2 Å². The van der Waals surface area contributed by atoms with Crippen LogP contribution in [-0.4, -0.2) is 24.3 Å². The van der Waals surface area contributed by atoms with Gasteiger partial charge in [-0.2, -0.15) is 0 Å². The third kappa shape index (κ3) is 3.28. The second-order valence-corrected chi connectivity index (χ2v) is 3.93. The van der Waals surface area contributed by atoms with Crippen LogP contribution in [0.25, 0.3) is 0 Å². The SMILES string of the molecule is COc1ccc(NCc2ccc(O)cn2)cc1OC. The smallest absolute Gasteiger partial charge is 0.162 e. The molecular formula is C14H16N2O3. The molecule has 0 saturated carbocycles. The Morgan fingerprint density at radius 1 is 1.11 bits per heavy atom. The molecule has 0 aliphatic heterocycles. The lowest BCUT2D eigenvalue weighted by Crippen LogP contribution is -2.01. The summed E-state index contributed by atoms with van der Waals surface area (Å²) in [7, 11) is 3.20. The molecular weight excluding hydrogens is 244 g/mol. The zero-order valence-electron chi connectivity index (χ0n) is 10.9. The van der Waals surface area contributed by atoms with Gasteiger partial charge >= 0.3 is 0 Å². The predicted molar refractivity (Wildman–Crippen MR) is 72.8 cm³/mol. The second-order valence-electron chi connectivity index (χ2n) is 3.93. The van der Waals surface area contributed by atoms with Crippen LogP contribution >= 0.6 is 0 Å². The standard InChI is InChI=1S/C14H16N2O3/c1-18-13-6-4-10(7-14(13)19-2)15-8-11-3-5-12(17)9-16-11/h3-7,9,15,17H,8H2,1-2H3. The number of ether oxygens (including phenoxy) is 2. The molecule has 0 aliphatic rings. The van der Waals surface area contributed by atoms with E-state index < -0.39 is 0 Å². The van der Waals surface area contributed by atoms with Gasteiger partial charge < -0.3 is 19.9 Å². The van der Waals surface area contributed by atoms with Gasteiger partial charge in [-0.05, 0) is 24.3 Å². The fourth-order valence-corrected chi connectivity index (χ4v) is 1.66. The van der Waals surface area contributed by atoms with E-state index in [2.05, 4.69) is 10.3 Å². The summed E-state index contributed by atoms with van der Waals surface area (Å²) in [5.74, 6) is 1.52. The number of rotatable bonds is 5. The molecule has 19 heavy (non-hydrogen) atoms. The Morgan fingerprint density at radius 2 is 1.89 bits per heavy atom. The van der Waals surface area contributed by atoms with Crippen molar-refractivity contribution in [1.29, 1.82) is 0 Å². The Balaban J connectivity index is 2.05. The van der Waals surface area contributed by atoms with E-state index in [0.717, 1.165) is 11.4 Å². The average Bonchev–Trinajstić information content (AvgIpc) is 2.46. The summed E-state index contributed by atoms with van der Waals surface area (Å²) in [5.41, 5.74) is 1.75. The molecule has 0 aliphatic carbocycles. The van der Waals surface area contributed by atoms with Crippen molar-refractivity contribution in [3.05, 3.63) is 42.2 Å². The zero-order chi connectivity index (χ0) is 13.7. The summed E-state index contributed by atoms with van der Waals surface area (Å²) in [6, 6.07) is 8.98. The number of nitrogens with one attached hydrogen (secondary N) is 1. The number of aromatic nitrogens is 1. The number of benzene rings is 1. The number of aromatic hydroxyl groups is 1. The minimum atomic E-state index is 0.162. The van der Waals surface area contributed by atoms with Crippen molar-refractivity contribution in [2.75, 3.05) is 19.5 Å². The van der Waals surface area contributed by atoms with Crippen LogP contribution in [0.1, 0.15) is 5.69 Å². The van der Waals surface area contributed by atoms with Crippen LogP contribution in [0.15, 0.2) is 36.5 Å². The first-order chi connectivity index (χ1) is 9.22. The fraction of sp³-hybridized carbons (Fsp3) is 0.214. The molecule has 1 heterocycles. The molecule has 0 saturated heterocycles. The van der Waals surface area contributed by atoms with Crippen molar-refractivity contribution in [2.45, 2.75) is 6.54 Å². The zero-order valence-corrected chi connectivity index (χ0v) is 10.9. The lowest BCUT2D eigenvalue weighted by atomic mass is 10.2. The molecule has 2 rings (SSSR count). The summed E-state index contributed by atoms with van der Waals surface area (Å²) >= 11 is 0. The highest BCUT2D eigenvalue weighted by Crippen LogP contribution is 2.29. The van der Waals surface area contributed by atoms with E-state index in [4.69, 9.17) is 14.6 Å². The van der Waals surface area contributed by atoms with Gasteiger partial charge in [0.15, 0.2) is 11.5 Å². The van der Waals surface area contributed by atoms with E-state index in [9.17, 15) is 0 Å². The fourth-order valence-electron chi connectivity index (χ4n) is 1.66. The van der Waals surface area contributed by atoms with E-state index in [1.165, 1.54) is 6.20 Å². The van der Waals surface area contributed by atoms with Gasteiger partial charge in [-0.25, -0.2) is 0 Å². The Morgan fingerprint density at radius 3 is 2.53 bits per heavy atom. The highest BCUT2D eigenvalue weighted by Gasteiger charge is 2.04. The van der Waals surface area contributed by atoms with Crippen LogP contribution in [0.2, 0.25) is 0 Å². The average molecular weight is 260 g/mol. The minimum Gasteiger partial charge on any atom is -0.506 e. The van der Waals surface area contributed by atoms with E-state index in [1.54, 1.807) is 26.4 Å². The van der Waals surface area contributed by atoms with Gasteiger partial charge in [-0.1, -0.05) is 0 Å². The molecule has 0 radical (unpaired) electrons. The molecule has 0 amide bonds. The van der Waals surface area contributed by atoms with Crippen LogP contribution in [0, 0.1) is 0 Å². The van der Waals surface area contributed by atoms with E-state index in [0.29, 0.717) is 18.0 Å². The van der Waals surface area contributed by atoms with Crippen molar-refractivity contribution in [2.24, 2.45) is 0 Å². The molecule has 0 bridgehead atoms. The highest BCUT2D eigenvalue weighted by molar-refractivity contribution is 5.54. The molecule has 100 valence electrons. The molecule has 1 aromatic carbocycles. The first-order valence-electron chi connectivity index (χ1n) is 5.82. The number of methoxy groups -OCH3 is 2. The van der Waals surface area contributed by atoms with Crippen LogP contribution < -0.4 is 14.8 Å². The van der Waals surface area contributed by atoms with Gasteiger partial charge in [0.1, 0.15) is 5.75 Å². The Kier molecular flexibility index (Phi) is 4.07. The summed E-state index contributed by atoms with van der Waals surface area (Å²) in [4.78, 5) is 4.10. The van der Waals surface area contributed by atoms with Crippen molar-refractivity contribution in [3.8, 4) is 17.2 Å². The maximum atomic E-state index is 9.15. The van der Waals surface area contributed by atoms with Crippen LogP contribution in [0.4, 0.5) is 5.69 Å². The molecule has 0 fully saturated rings. The molecule has 2 aromatic rings. The summed E-state index contributed by atoms with van der Waals surface area (Å²) < 4.78 is 10.4. The Hall–Kier alpha value is -2.43. The van der Waals surface area contributed by atoms with Gasteiger partial charge in [0.05, 0.1) is 32.7 Å². The van der Waals surface area contributed by atoms with E-state index >= 15 is 0 Å². The van der Waals surface area contributed by atoms with Crippen LogP contribution in [0.3, 0.4) is 0 Å². The molecule has 0 unspecified atom stereocenters. The number of pyridine rings is 1. The largest absolute Gasteiger partial charge is 0.506 e. The third-order valence-electron chi connectivity index (χ3n) is 2.67. The maximum Gasteiger partial charge on any atom is 0.162 e. The first kappa shape index (κ1) is 13.0. The predicted octanol–water partition coefficient (Wildman–Crippen LogP) is 2.42. The Bertz CT molecular complexity index is 541. The summed E-state index contributed by atoms with van der Waals surface area (Å²) in [5, 5.41) is 12.4. The van der Waals surface area contributed by atoms with Crippen molar-refractivity contribution in [1.82, 2.24) is 4.98 Å². The van der Waals surface area contributed by atoms with Gasteiger partial charge in [-0.15, -0.1) is 0 Å². The van der Waals surface area contributed by atoms with Gasteiger partial charge in [-0.3, -0.25) is 4.98 Å². The lowest BCUT2D eigenvalue weighted by Gasteiger charge is -2.11. The quantitative estimate of drug-likeness (QED) is 0.864. The molecule has 0 atom stereocenters. The van der Waals surface area contributed by atoms with Gasteiger partial charge in [0, 0.05) is 11.8 Å². The number of hydrogen-bond donors (Lipinski definition) is 2. The van der Waals surface area contributed by atoms with E-state index in [-0.39, 0.29) is 5.75 Å². The maximum absolute atomic E-state index is 9.15. The van der Waals surface area contributed by atoms with Gasteiger partial charge in [0.2, 0.25) is 0 Å². The molecule has 2 N–H and O–H groups in total. The van der Waals surface area contributed by atoms with Gasteiger partial charge in [0.25, 0.3) is 0 Å². The number of nitrogens with zero attached hydrogens (tertiary/aromatic N) is 1. The molecule has 5 nitrogen and oxygen atoms in total. The third-order valence-corrected chi connectivity index (χ3v) is 2.67. The number of anilines is 1. The minimum absolute atomic E-state index is 0.162. The topological polar surface area (TPSA) is 63.6 Å². The number of hydrogen-bond acceptors (Lipinski definition) is 5. The Labute approximate surface area is 111 Å². The second kappa shape index (κ2) is 5.95. The lowest BCUT2D eigenvalue weighted by molar-refractivity contribution is 0.355. The highest BCUT2D eigenvalue weighted by atomic mass is 16.5. The molecule has 0 spiro atoms. The summed E-state index contributed by atoms with van der Waals surface area (Å²) in [6.45, 7) is 0.565. The van der Waals surface area contributed by atoms with E-state index in [1.807, 2.05) is 18.2 Å². The van der Waals surface area contributed by atoms with Crippen LogP contribution in [-0.2, 0) is 6.54 Å². The monoisotopic (exact) mass is 260 g/mol. The first-order valence-corrected chi connectivity index (χ1v) is 5.82. The molecule has 1 aromatic heterocycles.